The van der Waals surface area contributed by atoms with Crippen molar-refractivity contribution in [3.05, 3.63) is 35.6 Å². The number of amides is 2. The van der Waals surface area contributed by atoms with Crippen molar-refractivity contribution in [1.82, 2.24) is 10.2 Å². The molecule has 1 fully saturated rings. The van der Waals surface area contributed by atoms with Gasteiger partial charge < -0.3 is 10.2 Å². The highest BCUT2D eigenvalue weighted by molar-refractivity contribution is 5.97. The summed E-state index contributed by atoms with van der Waals surface area (Å²) in [6.07, 6.45) is 2.51. The molecule has 1 heterocycles. The van der Waals surface area contributed by atoms with Crippen LogP contribution in [0.15, 0.2) is 24.3 Å². The first-order valence-electron chi connectivity index (χ1n) is 7.36. The molecule has 4 nitrogen and oxygen atoms in total. The first kappa shape index (κ1) is 15.5. The lowest BCUT2D eigenvalue weighted by atomic mass is 10.1. The van der Waals surface area contributed by atoms with Gasteiger partial charge in [-0.05, 0) is 57.4 Å². The van der Waals surface area contributed by atoms with Gasteiger partial charge in [-0.3, -0.25) is 9.59 Å². The summed E-state index contributed by atoms with van der Waals surface area (Å²) < 4.78 is 12.9. The smallest absolute Gasteiger partial charge is 0.251 e. The molecule has 0 bridgehead atoms. The van der Waals surface area contributed by atoms with E-state index in [-0.39, 0.29) is 23.7 Å². The van der Waals surface area contributed by atoms with Gasteiger partial charge in [-0.2, -0.15) is 0 Å². The highest BCUT2D eigenvalue weighted by Crippen LogP contribution is 2.15. The number of hydrogen-bond donors (Lipinski definition) is 1. The molecule has 5 heteroatoms. The standard InChI is InChI=1S/C16H21FN2O2/c1-11(2)19-10-4-3-5-14(16(19)21)18-15(20)12-6-8-13(17)9-7-12/h6-9,11,14H,3-5,10H2,1-2H3,(H,18,20). The molecule has 1 N–H and O–H groups in total. The number of carbonyl (C=O) groups is 2. The van der Waals surface area contributed by atoms with Crippen molar-refractivity contribution in [2.24, 2.45) is 0 Å². The van der Waals surface area contributed by atoms with E-state index < -0.39 is 6.04 Å². The van der Waals surface area contributed by atoms with E-state index in [2.05, 4.69) is 5.32 Å². The lowest BCUT2D eigenvalue weighted by molar-refractivity contribution is -0.134. The molecule has 1 aromatic rings. The Morgan fingerprint density at radius 2 is 1.95 bits per heavy atom. The van der Waals surface area contributed by atoms with Crippen LogP contribution in [0.5, 0.6) is 0 Å². The van der Waals surface area contributed by atoms with E-state index in [4.69, 9.17) is 0 Å². The van der Waals surface area contributed by atoms with Crippen LogP contribution in [0.2, 0.25) is 0 Å². The Morgan fingerprint density at radius 1 is 1.29 bits per heavy atom. The van der Waals surface area contributed by atoms with Crippen molar-refractivity contribution in [2.45, 2.75) is 45.2 Å². The monoisotopic (exact) mass is 292 g/mol. The summed E-state index contributed by atoms with van der Waals surface area (Å²) in [5.74, 6) is -0.750. The van der Waals surface area contributed by atoms with Gasteiger partial charge in [0.25, 0.3) is 5.91 Å². The minimum atomic E-state index is -0.493. The fourth-order valence-electron chi connectivity index (χ4n) is 2.55. The summed E-state index contributed by atoms with van der Waals surface area (Å²) in [6, 6.07) is 4.96. The molecule has 0 spiro atoms. The van der Waals surface area contributed by atoms with E-state index >= 15 is 0 Å². The molecular weight excluding hydrogens is 271 g/mol. The van der Waals surface area contributed by atoms with Crippen molar-refractivity contribution < 1.29 is 14.0 Å². The first-order chi connectivity index (χ1) is 9.99. The molecule has 1 atom stereocenters. The second-order valence-electron chi connectivity index (χ2n) is 5.65. The van der Waals surface area contributed by atoms with Crippen LogP contribution in [0.1, 0.15) is 43.5 Å². The number of hydrogen-bond acceptors (Lipinski definition) is 2. The average Bonchev–Trinajstić information content (AvgIpc) is 2.62. The molecule has 0 aliphatic carbocycles. The van der Waals surface area contributed by atoms with Crippen LogP contribution in [0, 0.1) is 5.82 Å². The molecule has 1 unspecified atom stereocenters. The minimum Gasteiger partial charge on any atom is -0.340 e. The zero-order chi connectivity index (χ0) is 15.4. The number of likely N-dealkylation sites (tertiary alicyclic amines) is 1. The summed E-state index contributed by atoms with van der Waals surface area (Å²) in [5.41, 5.74) is 0.365. The molecule has 1 aliphatic heterocycles. The lowest BCUT2D eigenvalue weighted by Crippen LogP contribution is -2.49. The van der Waals surface area contributed by atoms with Crippen LogP contribution in [-0.2, 0) is 4.79 Å². The van der Waals surface area contributed by atoms with Crippen LogP contribution in [0.25, 0.3) is 0 Å². The number of nitrogens with zero attached hydrogens (tertiary/aromatic N) is 1. The van der Waals surface area contributed by atoms with Crippen LogP contribution < -0.4 is 5.32 Å². The van der Waals surface area contributed by atoms with Gasteiger partial charge in [-0.25, -0.2) is 4.39 Å². The highest BCUT2D eigenvalue weighted by atomic mass is 19.1. The third-order valence-electron chi connectivity index (χ3n) is 3.76. The second-order valence-corrected chi connectivity index (χ2v) is 5.65. The van der Waals surface area contributed by atoms with E-state index in [1.165, 1.54) is 24.3 Å². The zero-order valence-electron chi connectivity index (χ0n) is 12.4. The molecule has 114 valence electrons. The summed E-state index contributed by atoms with van der Waals surface area (Å²) >= 11 is 0. The van der Waals surface area contributed by atoms with Crippen LogP contribution in [0.3, 0.4) is 0 Å². The third-order valence-corrected chi connectivity index (χ3v) is 3.76. The summed E-state index contributed by atoms with van der Waals surface area (Å²) in [6.45, 7) is 4.68. The molecule has 0 radical (unpaired) electrons. The topological polar surface area (TPSA) is 49.4 Å². The maximum atomic E-state index is 12.9. The van der Waals surface area contributed by atoms with Crippen molar-refractivity contribution >= 4 is 11.8 Å². The van der Waals surface area contributed by atoms with E-state index in [0.29, 0.717) is 12.0 Å². The number of carbonyl (C=O) groups excluding carboxylic acids is 2. The van der Waals surface area contributed by atoms with Crippen molar-refractivity contribution in [2.75, 3.05) is 6.54 Å². The molecule has 2 amide bonds. The van der Waals surface area contributed by atoms with Gasteiger partial charge in [0.2, 0.25) is 5.91 Å². The Hall–Kier alpha value is -1.91. The summed E-state index contributed by atoms with van der Waals surface area (Å²) in [4.78, 5) is 26.4. The predicted molar refractivity (Wildman–Crippen MR) is 78.4 cm³/mol. The molecule has 0 saturated carbocycles. The summed E-state index contributed by atoms with van der Waals surface area (Å²) in [7, 11) is 0. The maximum Gasteiger partial charge on any atom is 0.251 e. The van der Waals surface area contributed by atoms with Crippen molar-refractivity contribution in [3.63, 3.8) is 0 Å². The van der Waals surface area contributed by atoms with Gasteiger partial charge in [0.05, 0.1) is 0 Å². The fraction of sp³-hybridized carbons (Fsp3) is 0.500. The molecule has 1 aliphatic rings. The predicted octanol–water partition coefficient (Wildman–Crippen LogP) is 2.35. The number of benzene rings is 1. The lowest BCUT2D eigenvalue weighted by Gasteiger charge is -2.28. The third kappa shape index (κ3) is 3.80. The maximum absolute atomic E-state index is 12.9. The van der Waals surface area contributed by atoms with Crippen molar-refractivity contribution in [3.8, 4) is 0 Å². The summed E-state index contributed by atoms with van der Waals surface area (Å²) in [5, 5.41) is 2.78. The minimum absolute atomic E-state index is 0.0297. The van der Waals surface area contributed by atoms with Gasteiger partial charge in [-0.15, -0.1) is 0 Å². The Balaban J connectivity index is 2.07. The Morgan fingerprint density at radius 3 is 2.57 bits per heavy atom. The van der Waals surface area contributed by atoms with Gasteiger partial charge in [0.1, 0.15) is 11.9 Å². The van der Waals surface area contributed by atoms with Crippen LogP contribution >= 0.6 is 0 Å². The molecule has 21 heavy (non-hydrogen) atoms. The van der Waals surface area contributed by atoms with E-state index in [1.807, 2.05) is 18.7 Å². The van der Waals surface area contributed by atoms with Gasteiger partial charge >= 0.3 is 0 Å². The van der Waals surface area contributed by atoms with Crippen LogP contribution in [0.4, 0.5) is 4.39 Å². The van der Waals surface area contributed by atoms with Crippen molar-refractivity contribution in [1.29, 1.82) is 0 Å². The number of halogens is 1. The number of nitrogens with one attached hydrogen (secondary N) is 1. The molecule has 1 aromatic carbocycles. The average molecular weight is 292 g/mol. The first-order valence-corrected chi connectivity index (χ1v) is 7.36. The van der Waals surface area contributed by atoms with E-state index in [0.717, 1.165) is 19.4 Å². The molecule has 1 saturated heterocycles. The molecule has 0 aromatic heterocycles. The van der Waals surface area contributed by atoms with Gasteiger partial charge in [0, 0.05) is 18.2 Å². The van der Waals surface area contributed by atoms with E-state index in [1.54, 1.807) is 0 Å². The van der Waals surface area contributed by atoms with Crippen LogP contribution in [-0.4, -0.2) is 35.3 Å². The molecule has 2 rings (SSSR count). The Kier molecular flexibility index (Phi) is 4.94. The zero-order valence-corrected chi connectivity index (χ0v) is 12.4. The Labute approximate surface area is 124 Å². The largest absolute Gasteiger partial charge is 0.340 e. The highest BCUT2D eigenvalue weighted by Gasteiger charge is 2.29. The SMILES string of the molecule is CC(C)N1CCCCC(NC(=O)c2ccc(F)cc2)C1=O. The molecular formula is C16H21FN2O2. The van der Waals surface area contributed by atoms with E-state index in [9.17, 15) is 14.0 Å². The number of rotatable bonds is 3. The van der Waals surface area contributed by atoms with Gasteiger partial charge in [0.15, 0.2) is 0 Å². The second kappa shape index (κ2) is 6.70. The fourth-order valence-corrected chi connectivity index (χ4v) is 2.55. The Bertz CT molecular complexity index is 514. The van der Waals surface area contributed by atoms with Gasteiger partial charge in [-0.1, -0.05) is 0 Å². The quantitative estimate of drug-likeness (QED) is 0.929. The normalized spacial score (nSPS) is 19.5.